The van der Waals surface area contributed by atoms with E-state index in [0.717, 1.165) is 4.88 Å². The Bertz CT molecular complexity index is 873. The van der Waals surface area contributed by atoms with Crippen molar-refractivity contribution in [2.75, 3.05) is 5.32 Å². The van der Waals surface area contributed by atoms with Gasteiger partial charge in [-0.3, -0.25) is 9.59 Å². The van der Waals surface area contributed by atoms with Gasteiger partial charge < -0.3 is 9.73 Å². The molecule has 0 spiro atoms. The third kappa shape index (κ3) is 4.34. The van der Waals surface area contributed by atoms with Gasteiger partial charge in [0.05, 0.1) is 10.1 Å². The van der Waals surface area contributed by atoms with Crippen molar-refractivity contribution >= 4 is 40.5 Å². The minimum absolute atomic E-state index is 0.0141. The van der Waals surface area contributed by atoms with E-state index in [4.69, 9.17) is 4.42 Å². The number of thiophene rings is 1. The molecule has 0 aliphatic rings. The quantitative estimate of drug-likeness (QED) is 0.517. The van der Waals surface area contributed by atoms with Crippen molar-refractivity contribution < 1.29 is 14.0 Å². The SMILES string of the molecule is CC(=O)c1ccc(NC(=O)[C@@H](C)Sc2nnc(-c3cccs3)o2)cc1. The number of ketones is 1. The number of nitrogens with zero attached hydrogens (tertiary/aromatic N) is 2. The molecular formula is C17H15N3O3S2. The van der Waals surface area contributed by atoms with Gasteiger partial charge in [-0.05, 0) is 49.6 Å². The minimum atomic E-state index is -0.413. The summed E-state index contributed by atoms with van der Waals surface area (Å²) in [4.78, 5) is 24.4. The molecule has 3 aromatic rings. The summed E-state index contributed by atoms with van der Waals surface area (Å²) in [5.41, 5.74) is 1.24. The highest BCUT2D eigenvalue weighted by Crippen LogP contribution is 2.28. The van der Waals surface area contributed by atoms with E-state index in [1.165, 1.54) is 30.0 Å². The predicted molar refractivity (Wildman–Crippen MR) is 98.0 cm³/mol. The Morgan fingerprint density at radius 1 is 1.20 bits per heavy atom. The molecule has 8 heteroatoms. The van der Waals surface area contributed by atoms with Crippen LogP contribution in [0.1, 0.15) is 24.2 Å². The Balaban J connectivity index is 1.60. The second-order valence-corrected chi connectivity index (χ2v) is 7.47. The van der Waals surface area contributed by atoms with Gasteiger partial charge in [0.1, 0.15) is 0 Å². The molecule has 3 rings (SSSR count). The lowest BCUT2D eigenvalue weighted by Gasteiger charge is -2.10. The van der Waals surface area contributed by atoms with Gasteiger partial charge in [0.2, 0.25) is 5.91 Å². The number of hydrogen-bond acceptors (Lipinski definition) is 7. The van der Waals surface area contributed by atoms with Crippen LogP contribution >= 0.6 is 23.1 Å². The topological polar surface area (TPSA) is 85.1 Å². The van der Waals surface area contributed by atoms with Gasteiger partial charge in [-0.1, -0.05) is 17.8 Å². The number of rotatable bonds is 6. The molecule has 1 N–H and O–H groups in total. The number of carbonyl (C=O) groups excluding carboxylic acids is 2. The molecule has 0 fully saturated rings. The standard InChI is InChI=1S/C17H15N3O3S2/c1-10(21)12-5-7-13(8-6-12)18-15(22)11(2)25-17-20-19-16(23-17)14-4-3-9-24-14/h3-9,11H,1-2H3,(H,18,22)/t11-/m1/s1. The largest absolute Gasteiger partial charge is 0.410 e. The minimum Gasteiger partial charge on any atom is -0.410 e. The maximum atomic E-state index is 12.3. The molecule has 1 aromatic carbocycles. The van der Waals surface area contributed by atoms with Gasteiger partial charge in [-0.2, -0.15) is 0 Å². The summed E-state index contributed by atoms with van der Waals surface area (Å²) in [5, 5.41) is 12.6. The fraction of sp³-hybridized carbons (Fsp3) is 0.176. The van der Waals surface area contributed by atoms with E-state index in [9.17, 15) is 9.59 Å². The number of carbonyl (C=O) groups is 2. The first-order valence-corrected chi connectivity index (χ1v) is 9.25. The monoisotopic (exact) mass is 373 g/mol. The summed E-state index contributed by atoms with van der Waals surface area (Å²) in [7, 11) is 0. The molecule has 0 unspecified atom stereocenters. The van der Waals surface area contributed by atoms with E-state index in [-0.39, 0.29) is 11.7 Å². The van der Waals surface area contributed by atoms with Crippen molar-refractivity contribution in [3.8, 4) is 10.8 Å². The van der Waals surface area contributed by atoms with E-state index in [0.29, 0.717) is 22.4 Å². The Labute approximate surface area is 152 Å². The molecule has 128 valence electrons. The van der Waals surface area contributed by atoms with Crippen LogP contribution in [0.3, 0.4) is 0 Å². The Kier molecular flexibility index (Phi) is 5.30. The summed E-state index contributed by atoms with van der Waals surface area (Å²) < 4.78 is 5.57. The van der Waals surface area contributed by atoms with Crippen LogP contribution < -0.4 is 5.32 Å². The average Bonchev–Trinajstić information content (AvgIpc) is 3.26. The Hall–Kier alpha value is -2.45. The van der Waals surface area contributed by atoms with Crippen molar-refractivity contribution in [3.63, 3.8) is 0 Å². The van der Waals surface area contributed by atoms with Crippen LogP contribution in [-0.2, 0) is 4.79 Å². The molecule has 6 nitrogen and oxygen atoms in total. The fourth-order valence-electron chi connectivity index (χ4n) is 1.99. The molecule has 0 aliphatic heterocycles. The van der Waals surface area contributed by atoms with Crippen molar-refractivity contribution in [3.05, 3.63) is 47.3 Å². The maximum Gasteiger partial charge on any atom is 0.277 e. The van der Waals surface area contributed by atoms with Crippen molar-refractivity contribution in [1.29, 1.82) is 0 Å². The number of anilines is 1. The van der Waals surface area contributed by atoms with Crippen LogP contribution in [-0.4, -0.2) is 27.1 Å². The summed E-state index contributed by atoms with van der Waals surface area (Å²) in [6, 6.07) is 10.6. The zero-order valence-electron chi connectivity index (χ0n) is 13.6. The van der Waals surface area contributed by atoms with Crippen LogP contribution in [0.5, 0.6) is 0 Å². The van der Waals surface area contributed by atoms with Gasteiger partial charge >= 0.3 is 0 Å². The predicted octanol–water partition coefficient (Wildman–Crippen LogP) is 4.12. The van der Waals surface area contributed by atoms with Crippen LogP contribution in [0.4, 0.5) is 5.69 Å². The average molecular weight is 373 g/mol. The number of aromatic nitrogens is 2. The number of amides is 1. The smallest absolute Gasteiger partial charge is 0.277 e. The van der Waals surface area contributed by atoms with E-state index in [1.54, 1.807) is 31.2 Å². The van der Waals surface area contributed by atoms with Gasteiger partial charge in [-0.15, -0.1) is 21.5 Å². The highest BCUT2D eigenvalue weighted by Gasteiger charge is 2.19. The van der Waals surface area contributed by atoms with Crippen LogP contribution in [0.15, 0.2) is 51.4 Å². The second-order valence-electron chi connectivity index (χ2n) is 5.23. The van der Waals surface area contributed by atoms with E-state index in [1.807, 2.05) is 17.5 Å². The molecule has 0 saturated carbocycles. The zero-order valence-corrected chi connectivity index (χ0v) is 15.2. The van der Waals surface area contributed by atoms with Gasteiger partial charge in [-0.25, -0.2) is 0 Å². The molecule has 2 aromatic heterocycles. The lowest BCUT2D eigenvalue weighted by molar-refractivity contribution is -0.115. The molecule has 0 radical (unpaired) electrons. The van der Waals surface area contributed by atoms with Crippen molar-refractivity contribution in [2.24, 2.45) is 0 Å². The molecule has 0 saturated heterocycles. The van der Waals surface area contributed by atoms with E-state index >= 15 is 0 Å². The third-order valence-electron chi connectivity index (χ3n) is 3.34. The number of hydrogen-bond donors (Lipinski definition) is 1. The van der Waals surface area contributed by atoms with Crippen LogP contribution in [0.25, 0.3) is 10.8 Å². The second kappa shape index (κ2) is 7.62. The first kappa shape index (κ1) is 17.4. The maximum absolute atomic E-state index is 12.3. The van der Waals surface area contributed by atoms with E-state index in [2.05, 4.69) is 15.5 Å². The molecule has 1 amide bonds. The molecular weight excluding hydrogens is 358 g/mol. The fourth-order valence-corrected chi connectivity index (χ4v) is 3.32. The van der Waals surface area contributed by atoms with Crippen molar-refractivity contribution in [2.45, 2.75) is 24.3 Å². The van der Waals surface area contributed by atoms with Crippen LogP contribution in [0.2, 0.25) is 0 Å². The molecule has 2 heterocycles. The van der Waals surface area contributed by atoms with Crippen LogP contribution in [0, 0.1) is 0 Å². The molecule has 0 bridgehead atoms. The lowest BCUT2D eigenvalue weighted by Crippen LogP contribution is -2.22. The number of thioether (sulfide) groups is 1. The molecule has 1 atom stereocenters. The van der Waals surface area contributed by atoms with Crippen molar-refractivity contribution in [1.82, 2.24) is 10.2 Å². The number of nitrogens with one attached hydrogen (secondary N) is 1. The van der Waals surface area contributed by atoms with E-state index < -0.39 is 5.25 Å². The highest BCUT2D eigenvalue weighted by atomic mass is 32.2. The summed E-state index contributed by atoms with van der Waals surface area (Å²) in [6.45, 7) is 3.26. The third-order valence-corrected chi connectivity index (χ3v) is 5.14. The lowest BCUT2D eigenvalue weighted by atomic mass is 10.1. The molecule has 0 aliphatic carbocycles. The zero-order chi connectivity index (χ0) is 17.8. The van der Waals surface area contributed by atoms with Gasteiger partial charge in [0.25, 0.3) is 11.1 Å². The normalized spacial score (nSPS) is 11.9. The Morgan fingerprint density at radius 3 is 2.60 bits per heavy atom. The highest BCUT2D eigenvalue weighted by molar-refractivity contribution is 8.00. The molecule has 25 heavy (non-hydrogen) atoms. The summed E-state index contributed by atoms with van der Waals surface area (Å²) in [5.74, 6) is 0.251. The van der Waals surface area contributed by atoms with Gasteiger partial charge in [0.15, 0.2) is 5.78 Å². The summed E-state index contributed by atoms with van der Waals surface area (Å²) >= 11 is 2.71. The Morgan fingerprint density at radius 2 is 1.96 bits per heavy atom. The number of Topliss-reactive ketones (excluding diaryl/α,β-unsaturated/α-hetero) is 1. The first-order chi connectivity index (χ1) is 12.0. The number of benzene rings is 1. The summed E-state index contributed by atoms with van der Waals surface area (Å²) in [6.07, 6.45) is 0. The first-order valence-electron chi connectivity index (χ1n) is 7.49. The van der Waals surface area contributed by atoms with Gasteiger partial charge in [0, 0.05) is 11.3 Å².